The number of aryl methyl sites for hydroxylation is 1. The molecule has 0 spiro atoms. The molecule has 0 aromatic heterocycles. The molecule has 16 heavy (non-hydrogen) atoms. The summed E-state index contributed by atoms with van der Waals surface area (Å²) in [5, 5.41) is 0. The summed E-state index contributed by atoms with van der Waals surface area (Å²) in [7, 11) is -2.47. The molecule has 0 heterocycles. The molecule has 1 aromatic rings. The van der Waals surface area contributed by atoms with Gasteiger partial charge in [0.1, 0.15) is 0 Å². The summed E-state index contributed by atoms with van der Waals surface area (Å²) in [5.74, 6) is 0. The summed E-state index contributed by atoms with van der Waals surface area (Å²) in [5.41, 5.74) is 6.89. The van der Waals surface area contributed by atoms with Gasteiger partial charge in [0.15, 0.2) is 10.7 Å². The van der Waals surface area contributed by atoms with E-state index in [1.807, 2.05) is 6.07 Å². The van der Waals surface area contributed by atoms with Crippen LogP contribution in [-0.4, -0.2) is 14.5 Å². The maximum Gasteiger partial charge on any atom is 0.168 e. The third kappa shape index (κ3) is 4.33. The van der Waals surface area contributed by atoms with Gasteiger partial charge in [0.2, 0.25) is 0 Å². The Balaban J connectivity index is 2.51. The lowest BCUT2D eigenvalue weighted by atomic mass is 10.0. The van der Waals surface area contributed by atoms with E-state index in [1.54, 1.807) is 18.2 Å². The lowest BCUT2D eigenvalue weighted by molar-refractivity contribution is 0.568. The van der Waals surface area contributed by atoms with Crippen LogP contribution < -0.4 is 5.73 Å². The van der Waals surface area contributed by atoms with Crippen molar-refractivity contribution in [3.8, 4) is 0 Å². The van der Waals surface area contributed by atoms with E-state index in [4.69, 9.17) is 5.73 Å². The second-order valence-corrected chi connectivity index (χ2v) is 5.02. The Morgan fingerprint density at radius 2 is 2.12 bits per heavy atom. The van der Waals surface area contributed by atoms with Gasteiger partial charge in [0.05, 0.1) is 4.90 Å². The van der Waals surface area contributed by atoms with Crippen molar-refractivity contribution in [2.45, 2.75) is 43.5 Å². The van der Waals surface area contributed by atoms with Gasteiger partial charge in [-0.25, -0.2) is 8.42 Å². The summed E-state index contributed by atoms with van der Waals surface area (Å²) >= 11 is 0. The highest BCUT2D eigenvalue weighted by atomic mass is 32.2. The van der Waals surface area contributed by atoms with Gasteiger partial charge in [-0.05, 0) is 43.4 Å². The molecule has 4 heteroatoms. The molecule has 0 bridgehead atoms. The van der Waals surface area contributed by atoms with Crippen molar-refractivity contribution < 1.29 is 8.42 Å². The van der Waals surface area contributed by atoms with Crippen LogP contribution in [0.3, 0.4) is 0 Å². The molecule has 0 saturated carbocycles. The monoisotopic (exact) mass is 241 g/mol. The zero-order valence-corrected chi connectivity index (χ0v) is 10.5. The molecule has 0 radical (unpaired) electrons. The zero-order valence-electron chi connectivity index (χ0n) is 9.56. The van der Waals surface area contributed by atoms with Crippen LogP contribution in [0.15, 0.2) is 29.2 Å². The van der Waals surface area contributed by atoms with Gasteiger partial charge < -0.3 is 5.73 Å². The molecule has 0 saturated heterocycles. The van der Waals surface area contributed by atoms with Gasteiger partial charge >= 0.3 is 0 Å². The van der Waals surface area contributed by atoms with Crippen molar-refractivity contribution in [2.24, 2.45) is 5.73 Å². The average Bonchev–Trinajstić information content (AvgIpc) is 2.29. The lowest BCUT2D eigenvalue weighted by Gasteiger charge is -2.08. The molecule has 3 nitrogen and oxygen atoms in total. The summed E-state index contributed by atoms with van der Waals surface area (Å²) in [6.07, 6.45) is 3.88. The SMILES string of the molecule is CCC(N)CCCc1cccc([SH](=O)=O)c1. The normalized spacial score (nSPS) is 12.9. The number of benzene rings is 1. The predicted octanol–water partition coefficient (Wildman–Crippen LogP) is 1.72. The fraction of sp³-hybridized carbons (Fsp3) is 0.500. The van der Waals surface area contributed by atoms with Crippen LogP contribution in [0.1, 0.15) is 31.7 Å². The van der Waals surface area contributed by atoms with Crippen molar-refractivity contribution in [2.75, 3.05) is 0 Å². The lowest BCUT2D eigenvalue weighted by Crippen LogP contribution is -2.18. The van der Waals surface area contributed by atoms with Gasteiger partial charge in [0, 0.05) is 6.04 Å². The topological polar surface area (TPSA) is 60.2 Å². The summed E-state index contributed by atoms with van der Waals surface area (Å²) in [4.78, 5) is 0.396. The molecule has 1 aromatic carbocycles. The molecule has 0 aliphatic rings. The smallest absolute Gasteiger partial charge is 0.168 e. The first-order valence-corrected chi connectivity index (χ1v) is 6.80. The van der Waals surface area contributed by atoms with Crippen molar-refractivity contribution in [1.29, 1.82) is 0 Å². The van der Waals surface area contributed by atoms with Crippen LogP contribution >= 0.6 is 0 Å². The molecule has 1 atom stereocenters. The van der Waals surface area contributed by atoms with Gasteiger partial charge in [-0.15, -0.1) is 0 Å². The quantitative estimate of drug-likeness (QED) is 0.745. The second-order valence-electron chi connectivity index (χ2n) is 3.99. The highest BCUT2D eigenvalue weighted by molar-refractivity contribution is 7.72. The van der Waals surface area contributed by atoms with Gasteiger partial charge in [-0.2, -0.15) is 0 Å². The molecule has 0 amide bonds. The first kappa shape index (κ1) is 13.2. The van der Waals surface area contributed by atoms with Crippen LogP contribution in [0.4, 0.5) is 0 Å². The van der Waals surface area contributed by atoms with Crippen molar-refractivity contribution in [3.63, 3.8) is 0 Å². The van der Waals surface area contributed by atoms with Gasteiger partial charge in [-0.1, -0.05) is 19.1 Å². The first-order chi connectivity index (χ1) is 7.63. The van der Waals surface area contributed by atoms with Gasteiger partial charge in [0.25, 0.3) is 0 Å². The minimum atomic E-state index is -2.47. The Kier molecular flexibility index (Phi) is 5.49. The highest BCUT2D eigenvalue weighted by Crippen LogP contribution is 2.10. The molecular formula is C12H19NO2S. The van der Waals surface area contributed by atoms with E-state index in [9.17, 15) is 8.42 Å². The minimum Gasteiger partial charge on any atom is -0.328 e. The predicted molar refractivity (Wildman–Crippen MR) is 66.2 cm³/mol. The zero-order chi connectivity index (χ0) is 12.0. The van der Waals surface area contributed by atoms with E-state index >= 15 is 0 Å². The maximum atomic E-state index is 10.8. The van der Waals surface area contributed by atoms with Crippen LogP contribution in [0.25, 0.3) is 0 Å². The minimum absolute atomic E-state index is 0.263. The number of nitrogens with two attached hydrogens (primary N) is 1. The van der Waals surface area contributed by atoms with E-state index in [2.05, 4.69) is 6.92 Å². The van der Waals surface area contributed by atoms with E-state index in [0.717, 1.165) is 31.2 Å². The summed E-state index contributed by atoms with van der Waals surface area (Å²) < 4.78 is 21.6. The Bertz CT molecular complexity index is 394. The Morgan fingerprint density at radius 1 is 1.38 bits per heavy atom. The van der Waals surface area contributed by atoms with Crippen LogP contribution in [0.2, 0.25) is 0 Å². The summed E-state index contributed by atoms with van der Waals surface area (Å²) in [6, 6.07) is 7.37. The van der Waals surface area contributed by atoms with Crippen LogP contribution in [0.5, 0.6) is 0 Å². The molecule has 1 rings (SSSR count). The Morgan fingerprint density at radius 3 is 2.75 bits per heavy atom. The van der Waals surface area contributed by atoms with Crippen molar-refractivity contribution >= 4 is 10.7 Å². The number of thiol groups is 1. The molecular weight excluding hydrogens is 222 g/mol. The molecule has 0 aliphatic carbocycles. The molecule has 0 fully saturated rings. The molecule has 90 valence electrons. The number of hydrogen-bond acceptors (Lipinski definition) is 3. The fourth-order valence-electron chi connectivity index (χ4n) is 1.60. The van der Waals surface area contributed by atoms with E-state index in [0.29, 0.717) is 4.90 Å². The Hall–Kier alpha value is -0.870. The number of hydrogen-bond donors (Lipinski definition) is 2. The third-order valence-electron chi connectivity index (χ3n) is 2.69. The van der Waals surface area contributed by atoms with Crippen molar-refractivity contribution in [1.82, 2.24) is 0 Å². The standard InChI is InChI=1S/C12H19NO2S/c1-2-11(13)7-3-5-10-6-4-8-12(9-10)16(14)15/h4,6,8-9,11,16H,2-3,5,7,13H2,1H3. The molecule has 2 N–H and O–H groups in total. The number of rotatable bonds is 6. The molecule has 0 aliphatic heterocycles. The third-order valence-corrected chi connectivity index (χ3v) is 3.39. The van der Waals surface area contributed by atoms with Crippen molar-refractivity contribution in [3.05, 3.63) is 29.8 Å². The summed E-state index contributed by atoms with van der Waals surface area (Å²) in [6.45, 7) is 2.08. The van der Waals surface area contributed by atoms with E-state index in [1.165, 1.54) is 0 Å². The van der Waals surface area contributed by atoms with E-state index in [-0.39, 0.29) is 6.04 Å². The van der Waals surface area contributed by atoms with Gasteiger partial charge in [-0.3, -0.25) is 0 Å². The van der Waals surface area contributed by atoms with E-state index < -0.39 is 10.7 Å². The first-order valence-electron chi connectivity index (χ1n) is 5.62. The Labute approximate surface area is 98.6 Å². The average molecular weight is 241 g/mol. The van der Waals surface area contributed by atoms with Crippen LogP contribution in [-0.2, 0) is 17.1 Å². The second kappa shape index (κ2) is 6.66. The highest BCUT2D eigenvalue weighted by Gasteiger charge is 2.01. The van der Waals surface area contributed by atoms with Crippen LogP contribution in [0, 0.1) is 0 Å². The fourth-order valence-corrected chi connectivity index (χ4v) is 2.08. The maximum absolute atomic E-state index is 10.8. The largest absolute Gasteiger partial charge is 0.328 e. The molecule has 1 unspecified atom stereocenters.